The van der Waals surface area contributed by atoms with E-state index in [1.807, 2.05) is 6.92 Å². The largest absolute Gasteiger partial charge is 0.480 e. The van der Waals surface area contributed by atoms with Crippen LogP contribution >= 0.6 is 0 Å². The highest BCUT2D eigenvalue weighted by molar-refractivity contribution is 5.73. The zero-order chi connectivity index (χ0) is 13.0. The van der Waals surface area contributed by atoms with Gasteiger partial charge in [-0.25, -0.2) is 0 Å². The Hall–Kier alpha value is -0.650. The number of likely N-dealkylation sites (N-methyl/N-ethyl adjacent to an activating group) is 1. The third-order valence-corrected chi connectivity index (χ3v) is 4.09. The van der Waals surface area contributed by atoms with Gasteiger partial charge in [0.15, 0.2) is 0 Å². The molecule has 2 atom stereocenters. The van der Waals surface area contributed by atoms with Gasteiger partial charge < -0.3 is 10.4 Å². The Bertz CT molecular complexity index is 279. The lowest BCUT2D eigenvalue weighted by Crippen LogP contribution is -2.46. The number of carbonyl (C=O) groups is 1. The highest BCUT2D eigenvalue weighted by Gasteiger charge is 2.31. The third-order valence-electron chi connectivity index (χ3n) is 4.09. The fraction of sp³-hybridized carbons (Fsp3) is 0.923. The van der Waals surface area contributed by atoms with Gasteiger partial charge in [-0.15, -0.1) is 0 Å². The van der Waals surface area contributed by atoms with Crippen LogP contribution in [-0.2, 0) is 4.79 Å². The lowest BCUT2D eigenvalue weighted by atomic mass is 10.2. The third kappa shape index (κ3) is 3.43. The Morgan fingerprint density at radius 1 is 1.39 bits per heavy atom. The van der Waals surface area contributed by atoms with Crippen LogP contribution in [-0.4, -0.2) is 72.2 Å². The monoisotopic (exact) mass is 255 g/mol. The Morgan fingerprint density at radius 2 is 2.11 bits per heavy atom. The minimum atomic E-state index is -0.735. The first-order chi connectivity index (χ1) is 8.70. The molecule has 2 N–H and O–H groups in total. The van der Waals surface area contributed by atoms with Gasteiger partial charge in [0, 0.05) is 19.1 Å². The molecule has 18 heavy (non-hydrogen) atoms. The van der Waals surface area contributed by atoms with Gasteiger partial charge in [0.05, 0.1) is 0 Å². The van der Waals surface area contributed by atoms with E-state index in [4.69, 9.17) is 5.11 Å². The van der Waals surface area contributed by atoms with E-state index in [0.717, 1.165) is 13.1 Å². The number of rotatable bonds is 6. The molecule has 2 unspecified atom stereocenters. The summed E-state index contributed by atoms with van der Waals surface area (Å²) in [4.78, 5) is 16.0. The maximum Gasteiger partial charge on any atom is 0.322 e. The molecule has 0 radical (unpaired) electrons. The van der Waals surface area contributed by atoms with Crippen molar-refractivity contribution in [3.63, 3.8) is 0 Å². The molecule has 0 spiro atoms. The Balaban J connectivity index is 1.78. The lowest BCUT2D eigenvalue weighted by molar-refractivity contribution is -0.139. The summed E-state index contributed by atoms with van der Waals surface area (Å²) < 4.78 is 0. The minimum Gasteiger partial charge on any atom is -0.480 e. The molecule has 2 rings (SSSR count). The van der Waals surface area contributed by atoms with Gasteiger partial charge in [0.1, 0.15) is 6.04 Å². The van der Waals surface area contributed by atoms with Gasteiger partial charge in [0.25, 0.3) is 0 Å². The molecular weight excluding hydrogens is 230 g/mol. The molecule has 2 aliphatic heterocycles. The van der Waals surface area contributed by atoms with Crippen LogP contribution in [0.5, 0.6) is 0 Å². The van der Waals surface area contributed by atoms with E-state index in [2.05, 4.69) is 15.1 Å². The van der Waals surface area contributed by atoms with Crippen LogP contribution in [0.4, 0.5) is 0 Å². The van der Waals surface area contributed by atoms with Gasteiger partial charge in [-0.3, -0.25) is 14.6 Å². The SMILES string of the molecule is CCNC(CN1CCC(N2CCCC2)C1)C(=O)O. The van der Waals surface area contributed by atoms with Crippen molar-refractivity contribution in [3.8, 4) is 0 Å². The van der Waals surface area contributed by atoms with Gasteiger partial charge in [-0.1, -0.05) is 6.92 Å². The number of hydrogen-bond donors (Lipinski definition) is 2. The minimum absolute atomic E-state index is 0.424. The van der Waals surface area contributed by atoms with Crippen molar-refractivity contribution in [3.05, 3.63) is 0 Å². The second kappa shape index (κ2) is 6.50. The molecule has 0 bridgehead atoms. The molecule has 0 aromatic rings. The molecule has 2 saturated heterocycles. The average Bonchev–Trinajstić information content (AvgIpc) is 2.98. The summed E-state index contributed by atoms with van der Waals surface area (Å²) in [5.41, 5.74) is 0. The molecule has 2 aliphatic rings. The molecular formula is C13H25N3O2. The van der Waals surface area contributed by atoms with E-state index in [9.17, 15) is 4.79 Å². The Kier molecular flexibility index (Phi) is 4.97. The van der Waals surface area contributed by atoms with Crippen LogP contribution in [0.25, 0.3) is 0 Å². The number of carboxylic acids is 1. The summed E-state index contributed by atoms with van der Waals surface area (Å²) in [6.07, 6.45) is 3.84. The zero-order valence-corrected chi connectivity index (χ0v) is 11.3. The van der Waals surface area contributed by atoms with Crippen molar-refractivity contribution in [2.24, 2.45) is 0 Å². The van der Waals surface area contributed by atoms with Crippen molar-refractivity contribution in [1.29, 1.82) is 0 Å². The van der Waals surface area contributed by atoms with Gasteiger partial charge in [-0.2, -0.15) is 0 Å². The average molecular weight is 255 g/mol. The van der Waals surface area contributed by atoms with E-state index in [1.165, 1.54) is 32.4 Å². The van der Waals surface area contributed by atoms with Crippen LogP contribution in [0.15, 0.2) is 0 Å². The molecule has 2 heterocycles. The topological polar surface area (TPSA) is 55.8 Å². The van der Waals surface area contributed by atoms with Gasteiger partial charge in [-0.05, 0) is 45.4 Å². The number of aliphatic carboxylic acids is 1. The van der Waals surface area contributed by atoms with E-state index >= 15 is 0 Å². The molecule has 104 valence electrons. The molecule has 5 nitrogen and oxygen atoms in total. The summed E-state index contributed by atoms with van der Waals surface area (Å²) in [6, 6.07) is 0.232. The van der Waals surface area contributed by atoms with Crippen molar-refractivity contribution in [2.75, 3.05) is 39.3 Å². The second-order valence-electron chi connectivity index (χ2n) is 5.39. The lowest BCUT2D eigenvalue weighted by Gasteiger charge is -2.25. The maximum absolute atomic E-state index is 11.1. The number of nitrogens with zero attached hydrogens (tertiary/aromatic N) is 2. The van der Waals surface area contributed by atoms with E-state index in [0.29, 0.717) is 19.1 Å². The number of nitrogens with one attached hydrogen (secondary N) is 1. The van der Waals surface area contributed by atoms with Crippen LogP contribution in [0.1, 0.15) is 26.2 Å². The smallest absolute Gasteiger partial charge is 0.322 e. The second-order valence-corrected chi connectivity index (χ2v) is 5.39. The van der Waals surface area contributed by atoms with E-state index < -0.39 is 12.0 Å². The fourth-order valence-electron chi connectivity index (χ4n) is 3.12. The normalized spacial score (nSPS) is 27.7. The number of hydrogen-bond acceptors (Lipinski definition) is 4. The zero-order valence-electron chi connectivity index (χ0n) is 11.3. The summed E-state index contributed by atoms with van der Waals surface area (Å²) in [5, 5.41) is 12.2. The Labute approximate surface area is 109 Å². The van der Waals surface area contributed by atoms with Gasteiger partial charge in [0.2, 0.25) is 0 Å². The molecule has 0 saturated carbocycles. The van der Waals surface area contributed by atoms with Crippen LogP contribution in [0.2, 0.25) is 0 Å². The highest BCUT2D eigenvalue weighted by atomic mass is 16.4. The Morgan fingerprint density at radius 3 is 2.72 bits per heavy atom. The summed E-state index contributed by atoms with van der Waals surface area (Å²) >= 11 is 0. The van der Waals surface area contributed by atoms with Crippen LogP contribution in [0.3, 0.4) is 0 Å². The fourth-order valence-corrected chi connectivity index (χ4v) is 3.12. The summed E-state index contributed by atoms with van der Waals surface area (Å²) in [6.45, 7) is 7.83. The van der Waals surface area contributed by atoms with Crippen molar-refractivity contribution < 1.29 is 9.90 Å². The van der Waals surface area contributed by atoms with Crippen LogP contribution in [0, 0.1) is 0 Å². The highest BCUT2D eigenvalue weighted by Crippen LogP contribution is 2.20. The molecule has 0 aromatic carbocycles. The molecule has 0 amide bonds. The predicted octanol–water partition coefficient (Wildman–Crippen LogP) is 0.219. The first-order valence-corrected chi connectivity index (χ1v) is 7.13. The first kappa shape index (κ1) is 13.8. The molecule has 5 heteroatoms. The van der Waals surface area contributed by atoms with Crippen molar-refractivity contribution in [2.45, 2.75) is 38.3 Å². The standard InChI is InChI=1S/C13H25N3O2/c1-2-14-12(13(17)18)10-15-8-5-11(9-15)16-6-3-4-7-16/h11-12,14H,2-10H2,1H3,(H,17,18). The number of carboxylic acid groups (broad SMARTS) is 1. The van der Waals surface area contributed by atoms with Crippen molar-refractivity contribution >= 4 is 5.97 Å². The predicted molar refractivity (Wildman–Crippen MR) is 70.8 cm³/mol. The van der Waals surface area contributed by atoms with E-state index in [-0.39, 0.29) is 0 Å². The molecule has 0 aromatic heterocycles. The quantitative estimate of drug-likeness (QED) is 0.711. The summed E-state index contributed by atoms with van der Waals surface area (Å²) in [7, 11) is 0. The summed E-state index contributed by atoms with van der Waals surface area (Å²) in [5.74, 6) is -0.735. The van der Waals surface area contributed by atoms with Crippen LogP contribution < -0.4 is 5.32 Å². The van der Waals surface area contributed by atoms with E-state index in [1.54, 1.807) is 0 Å². The maximum atomic E-state index is 11.1. The van der Waals surface area contributed by atoms with Crippen molar-refractivity contribution in [1.82, 2.24) is 15.1 Å². The van der Waals surface area contributed by atoms with Gasteiger partial charge >= 0.3 is 5.97 Å². The molecule has 0 aliphatic carbocycles. The first-order valence-electron chi connectivity index (χ1n) is 7.13. The number of likely N-dealkylation sites (tertiary alicyclic amines) is 2. The molecule has 2 fully saturated rings.